The lowest BCUT2D eigenvalue weighted by Crippen LogP contribution is -2.38. The number of hydrogen-bond acceptors (Lipinski definition) is 4. The molecule has 170 valence electrons. The van der Waals surface area contributed by atoms with E-state index in [-0.39, 0.29) is 11.9 Å². The van der Waals surface area contributed by atoms with Gasteiger partial charge in [0.2, 0.25) is 0 Å². The summed E-state index contributed by atoms with van der Waals surface area (Å²) in [5.41, 5.74) is 4.05. The Balaban J connectivity index is 1.57. The highest BCUT2D eigenvalue weighted by molar-refractivity contribution is 5.80. The molecule has 1 atom stereocenters. The molecule has 7 nitrogen and oxygen atoms in total. The van der Waals surface area contributed by atoms with Crippen LogP contribution in [0.5, 0.6) is 5.75 Å². The number of nitrogens with one attached hydrogen (secondary N) is 2. The number of benzene rings is 1. The average Bonchev–Trinajstić information content (AvgIpc) is 3.54. The maximum absolute atomic E-state index is 14.4. The number of aliphatic imine (C=N–C) groups is 1. The number of aromatic nitrogens is 2. The minimum absolute atomic E-state index is 0.121. The summed E-state index contributed by atoms with van der Waals surface area (Å²) in [5, 5.41) is 11.3. The van der Waals surface area contributed by atoms with Gasteiger partial charge < -0.3 is 20.1 Å². The van der Waals surface area contributed by atoms with Crippen LogP contribution in [0.4, 0.5) is 4.39 Å². The van der Waals surface area contributed by atoms with Crippen molar-refractivity contribution in [2.45, 2.75) is 52.7 Å². The first-order chi connectivity index (χ1) is 14.9. The van der Waals surface area contributed by atoms with E-state index in [1.807, 2.05) is 24.6 Å². The Hall–Kier alpha value is -2.61. The molecule has 1 heterocycles. The van der Waals surface area contributed by atoms with Gasteiger partial charge in [-0.05, 0) is 57.2 Å². The van der Waals surface area contributed by atoms with Crippen LogP contribution in [-0.4, -0.2) is 43.1 Å². The molecular weight excluding hydrogens is 397 g/mol. The zero-order valence-corrected chi connectivity index (χ0v) is 19.2. The summed E-state index contributed by atoms with van der Waals surface area (Å²) in [7, 11) is 3.41. The maximum atomic E-state index is 14.4. The minimum Gasteiger partial charge on any atom is -0.490 e. The topological polar surface area (TPSA) is 72.7 Å². The molecule has 1 aliphatic carbocycles. The van der Waals surface area contributed by atoms with Gasteiger partial charge in [-0.25, -0.2) is 4.39 Å². The highest BCUT2D eigenvalue weighted by Crippen LogP contribution is 2.30. The number of aryl methyl sites for hydroxylation is 1. The lowest BCUT2D eigenvalue weighted by atomic mass is 10.1. The normalized spacial score (nSPS) is 15.1. The summed E-state index contributed by atoms with van der Waals surface area (Å²) in [6, 6.07) is 5.01. The number of rotatable bonds is 10. The van der Waals surface area contributed by atoms with Gasteiger partial charge in [-0.3, -0.25) is 9.67 Å². The van der Waals surface area contributed by atoms with Gasteiger partial charge >= 0.3 is 0 Å². The number of methoxy groups -OCH3 is 1. The van der Waals surface area contributed by atoms with E-state index in [9.17, 15) is 4.39 Å². The second-order valence-corrected chi connectivity index (χ2v) is 8.10. The molecule has 0 amide bonds. The second-order valence-electron chi connectivity index (χ2n) is 8.10. The van der Waals surface area contributed by atoms with Crippen LogP contribution >= 0.6 is 0 Å². The standard InChI is InChI=1S/C23H34FN5O2/c1-15(19-8-9-22(21(24)12-19)31-14-18-6-7-18)27-23(25-4)26-13-20-16(2)28-29(17(20)3)10-11-30-5/h8-9,12,15,18H,6-7,10-11,13-14H2,1-5H3,(H2,25,26,27). The van der Waals surface area contributed by atoms with E-state index in [0.29, 0.717) is 37.4 Å². The molecule has 3 rings (SSSR count). The summed E-state index contributed by atoms with van der Waals surface area (Å²) in [4.78, 5) is 4.31. The van der Waals surface area contributed by atoms with Crippen LogP contribution in [0, 0.1) is 25.6 Å². The summed E-state index contributed by atoms with van der Waals surface area (Å²) >= 11 is 0. The SMILES string of the molecule is CN=C(NCc1c(C)nn(CCOC)c1C)NC(C)c1ccc(OCC2CC2)c(F)c1. The molecule has 1 fully saturated rings. The van der Waals surface area contributed by atoms with Crippen molar-refractivity contribution in [3.63, 3.8) is 0 Å². The molecule has 8 heteroatoms. The van der Waals surface area contributed by atoms with Crippen LogP contribution in [0.3, 0.4) is 0 Å². The van der Waals surface area contributed by atoms with Crippen molar-refractivity contribution in [2.24, 2.45) is 10.9 Å². The monoisotopic (exact) mass is 431 g/mol. The molecule has 0 aliphatic heterocycles. The first-order valence-electron chi connectivity index (χ1n) is 10.8. The van der Waals surface area contributed by atoms with E-state index >= 15 is 0 Å². The van der Waals surface area contributed by atoms with E-state index in [1.54, 1.807) is 20.2 Å². The largest absolute Gasteiger partial charge is 0.490 e. The van der Waals surface area contributed by atoms with Gasteiger partial charge in [-0.15, -0.1) is 0 Å². The average molecular weight is 432 g/mol. The van der Waals surface area contributed by atoms with Gasteiger partial charge in [0.1, 0.15) is 0 Å². The fraction of sp³-hybridized carbons (Fsp3) is 0.565. The number of guanidine groups is 1. The van der Waals surface area contributed by atoms with Crippen LogP contribution in [0.2, 0.25) is 0 Å². The van der Waals surface area contributed by atoms with Gasteiger partial charge in [0.05, 0.1) is 31.5 Å². The maximum Gasteiger partial charge on any atom is 0.191 e. The van der Waals surface area contributed by atoms with E-state index in [2.05, 4.69) is 27.6 Å². The van der Waals surface area contributed by atoms with Crippen LogP contribution < -0.4 is 15.4 Å². The molecular formula is C23H34FN5O2. The molecule has 1 aliphatic rings. The minimum atomic E-state index is -0.329. The highest BCUT2D eigenvalue weighted by Gasteiger charge is 2.22. The third-order valence-electron chi connectivity index (χ3n) is 5.68. The van der Waals surface area contributed by atoms with Crippen molar-refractivity contribution in [3.05, 3.63) is 46.5 Å². The molecule has 1 unspecified atom stereocenters. The molecule has 1 saturated carbocycles. The molecule has 2 N–H and O–H groups in total. The fourth-order valence-electron chi connectivity index (χ4n) is 3.44. The Kier molecular flexibility index (Phi) is 7.90. The molecule has 31 heavy (non-hydrogen) atoms. The van der Waals surface area contributed by atoms with Crippen molar-refractivity contribution in [1.29, 1.82) is 0 Å². The van der Waals surface area contributed by atoms with Crippen molar-refractivity contribution in [3.8, 4) is 5.75 Å². The van der Waals surface area contributed by atoms with Crippen LogP contribution in [-0.2, 0) is 17.8 Å². The third-order valence-corrected chi connectivity index (χ3v) is 5.68. The van der Waals surface area contributed by atoms with Gasteiger partial charge in [-0.1, -0.05) is 6.07 Å². The predicted octanol–water partition coefficient (Wildman–Crippen LogP) is 3.50. The molecule has 0 radical (unpaired) electrons. The van der Waals surface area contributed by atoms with Crippen LogP contribution in [0.25, 0.3) is 0 Å². The van der Waals surface area contributed by atoms with Gasteiger partial charge in [0.15, 0.2) is 17.5 Å². The third kappa shape index (κ3) is 6.19. The first kappa shape index (κ1) is 23.1. The van der Waals surface area contributed by atoms with Gasteiger partial charge in [0, 0.05) is 32.0 Å². The first-order valence-corrected chi connectivity index (χ1v) is 10.8. The smallest absolute Gasteiger partial charge is 0.191 e. The Morgan fingerprint density at radius 3 is 2.77 bits per heavy atom. The molecule has 0 spiro atoms. The lowest BCUT2D eigenvalue weighted by Gasteiger charge is -2.19. The molecule has 0 bridgehead atoms. The second kappa shape index (κ2) is 10.6. The summed E-state index contributed by atoms with van der Waals surface area (Å²) in [5.74, 6) is 1.23. The van der Waals surface area contributed by atoms with Gasteiger partial charge in [-0.2, -0.15) is 5.10 Å². The number of nitrogens with zero attached hydrogens (tertiary/aromatic N) is 3. The molecule has 2 aromatic rings. The molecule has 1 aromatic heterocycles. The van der Waals surface area contributed by atoms with Crippen molar-refractivity contribution in [2.75, 3.05) is 27.4 Å². The summed E-state index contributed by atoms with van der Waals surface area (Å²) in [6.45, 7) is 8.57. The lowest BCUT2D eigenvalue weighted by molar-refractivity contribution is 0.182. The fourth-order valence-corrected chi connectivity index (χ4v) is 3.44. The van der Waals surface area contributed by atoms with Crippen molar-refractivity contribution in [1.82, 2.24) is 20.4 Å². The van der Waals surface area contributed by atoms with Crippen LogP contribution in [0.15, 0.2) is 23.2 Å². The number of halogens is 1. The molecule has 0 saturated heterocycles. The zero-order valence-electron chi connectivity index (χ0n) is 19.2. The predicted molar refractivity (Wildman–Crippen MR) is 120 cm³/mol. The van der Waals surface area contributed by atoms with E-state index < -0.39 is 0 Å². The summed E-state index contributed by atoms with van der Waals surface area (Å²) in [6.07, 6.45) is 2.36. The zero-order chi connectivity index (χ0) is 22.4. The van der Waals surface area contributed by atoms with Crippen LogP contribution in [0.1, 0.15) is 48.3 Å². The van der Waals surface area contributed by atoms with Crippen molar-refractivity contribution >= 4 is 5.96 Å². The van der Waals surface area contributed by atoms with E-state index in [4.69, 9.17) is 9.47 Å². The van der Waals surface area contributed by atoms with Gasteiger partial charge in [0.25, 0.3) is 0 Å². The highest BCUT2D eigenvalue weighted by atomic mass is 19.1. The number of hydrogen-bond donors (Lipinski definition) is 2. The Labute approximate surface area is 184 Å². The quantitative estimate of drug-likeness (QED) is 0.445. The number of ether oxygens (including phenoxy) is 2. The Bertz CT molecular complexity index is 908. The molecule has 1 aromatic carbocycles. The van der Waals surface area contributed by atoms with Crippen molar-refractivity contribution < 1.29 is 13.9 Å². The Morgan fingerprint density at radius 2 is 2.13 bits per heavy atom. The summed E-state index contributed by atoms with van der Waals surface area (Å²) < 4.78 is 27.1. The van der Waals surface area contributed by atoms with E-state index in [1.165, 1.54) is 18.9 Å². The van der Waals surface area contributed by atoms with E-state index in [0.717, 1.165) is 29.1 Å². The Morgan fingerprint density at radius 1 is 1.35 bits per heavy atom.